The van der Waals surface area contributed by atoms with E-state index in [2.05, 4.69) is 32.1 Å². The number of hydrogen-bond donors (Lipinski definition) is 2. The van der Waals surface area contributed by atoms with Crippen LogP contribution in [0.1, 0.15) is 6.92 Å². The zero-order chi connectivity index (χ0) is 15.5. The number of fused-ring (bicyclic) bond motifs is 3. The first-order valence-corrected chi connectivity index (χ1v) is 7.73. The topological polar surface area (TPSA) is 83.6 Å². The Morgan fingerprint density at radius 1 is 1.45 bits per heavy atom. The number of aromatic amines is 1. The maximum atomic E-state index is 11.8. The van der Waals surface area contributed by atoms with Crippen LogP contribution in [0.3, 0.4) is 0 Å². The highest BCUT2D eigenvalue weighted by molar-refractivity contribution is 8.00. The van der Waals surface area contributed by atoms with Crippen LogP contribution < -0.4 is 5.32 Å². The lowest BCUT2D eigenvalue weighted by Crippen LogP contribution is -2.31. The molecule has 0 unspecified atom stereocenters. The lowest BCUT2D eigenvalue weighted by atomic mass is 10.2. The summed E-state index contributed by atoms with van der Waals surface area (Å²) < 4.78 is 0. The summed E-state index contributed by atoms with van der Waals surface area (Å²) in [4.78, 5) is 19.5. The Balaban J connectivity index is 1.84. The first kappa shape index (κ1) is 14.5. The maximum absolute atomic E-state index is 11.8. The fourth-order valence-corrected chi connectivity index (χ4v) is 2.82. The summed E-state index contributed by atoms with van der Waals surface area (Å²) in [6, 6.07) is 7.85. The van der Waals surface area contributed by atoms with E-state index in [0.29, 0.717) is 17.3 Å². The Morgan fingerprint density at radius 2 is 2.27 bits per heavy atom. The quantitative estimate of drug-likeness (QED) is 0.558. The van der Waals surface area contributed by atoms with Gasteiger partial charge in [0.05, 0.1) is 5.25 Å². The largest absolute Gasteiger partial charge is 0.352 e. The number of benzene rings is 1. The predicted octanol–water partition coefficient (Wildman–Crippen LogP) is 2.29. The number of nitrogens with one attached hydrogen (secondary N) is 2. The molecule has 1 amide bonds. The van der Waals surface area contributed by atoms with Crippen molar-refractivity contribution in [3.05, 3.63) is 36.9 Å². The number of carbonyl (C=O) groups is 1. The molecule has 0 saturated carbocycles. The molecule has 0 fully saturated rings. The van der Waals surface area contributed by atoms with Crippen molar-refractivity contribution in [2.45, 2.75) is 17.3 Å². The number of rotatable bonds is 5. The van der Waals surface area contributed by atoms with Gasteiger partial charge in [-0.15, -0.1) is 16.8 Å². The van der Waals surface area contributed by atoms with Crippen molar-refractivity contribution < 1.29 is 4.79 Å². The molecular formula is C15H15N5OS. The number of carbonyl (C=O) groups excluding carboxylic acids is 1. The van der Waals surface area contributed by atoms with E-state index >= 15 is 0 Å². The number of thioether (sulfide) groups is 1. The lowest BCUT2D eigenvalue weighted by Gasteiger charge is -2.08. The van der Waals surface area contributed by atoms with Crippen molar-refractivity contribution >= 4 is 39.7 Å². The summed E-state index contributed by atoms with van der Waals surface area (Å²) in [5.41, 5.74) is 2.39. The molecule has 1 atom stereocenters. The highest BCUT2D eigenvalue weighted by atomic mass is 32.2. The average molecular weight is 313 g/mol. The second-order valence-corrected chi connectivity index (χ2v) is 6.06. The molecule has 7 heteroatoms. The Morgan fingerprint density at radius 3 is 3.09 bits per heavy atom. The number of amides is 1. The summed E-state index contributed by atoms with van der Waals surface area (Å²) in [6.07, 6.45) is 1.64. The molecule has 2 heterocycles. The molecule has 0 bridgehead atoms. The number of nitrogens with zero attached hydrogens (tertiary/aromatic N) is 3. The van der Waals surface area contributed by atoms with Crippen LogP contribution in [-0.4, -0.2) is 37.9 Å². The van der Waals surface area contributed by atoms with E-state index in [9.17, 15) is 4.79 Å². The van der Waals surface area contributed by atoms with E-state index in [1.165, 1.54) is 11.8 Å². The number of hydrogen-bond acceptors (Lipinski definition) is 5. The normalized spacial score (nSPS) is 12.4. The van der Waals surface area contributed by atoms with Crippen molar-refractivity contribution in [2.24, 2.45) is 0 Å². The minimum atomic E-state index is -0.302. The van der Waals surface area contributed by atoms with Crippen LogP contribution in [0.2, 0.25) is 0 Å². The van der Waals surface area contributed by atoms with Gasteiger partial charge in [0.2, 0.25) is 11.1 Å². The minimum Gasteiger partial charge on any atom is -0.352 e. The molecule has 0 aliphatic rings. The zero-order valence-electron chi connectivity index (χ0n) is 12.0. The highest BCUT2D eigenvalue weighted by Crippen LogP contribution is 2.24. The smallest absolute Gasteiger partial charge is 0.233 e. The van der Waals surface area contributed by atoms with Gasteiger partial charge in [-0.3, -0.25) is 4.79 Å². The second-order valence-electron chi connectivity index (χ2n) is 4.76. The molecule has 0 saturated heterocycles. The lowest BCUT2D eigenvalue weighted by molar-refractivity contribution is -0.120. The standard InChI is InChI=1S/C15H15N5OS/c1-3-8-16-14(21)9(2)22-15-18-13-12(19-20-15)10-6-4-5-7-11(10)17-13/h3-7,9H,1,8H2,2H3,(H,16,21)(H,17,18,20)/t9-/m1/s1. The molecule has 3 rings (SSSR count). The van der Waals surface area contributed by atoms with E-state index < -0.39 is 0 Å². The summed E-state index contributed by atoms with van der Waals surface area (Å²) >= 11 is 1.28. The SMILES string of the molecule is C=CCNC(=O)[C@@H](C)Sc1nnc2c(n1)[nH]c1ccccc12. The molecule has 22 heavy (non-hydrogen) atoms. The molecule has 0 aliphatic heterocycles. The fourth-order valence-electron chi connectivity index (χ4n) is 2.08. The van der Waals surface area contributed by atoms with Gasteiger partial charge in [-0.25, -0.2) is 4.98 Å². The third kappa shape index (κ3) is 2.80. The Hall–Kier alpha value is -2.41. The van der Waals surface area contributed by atoms with Gasteiger partial charge >= 0.3 is 0 Å². The van der Waals surface area contributed by atoms with E-state index in [1.54, 1.807) is 6.08 Å². The van der Waals surface area contributed by atoms with Crippen molar-refractivity contribution in [3.8, 4) is 0 Å². The summed E-state index contributed by atoms with van der Waals surface area (Å²) in [6.45, 7) is 5.83. The van der Waals surface area contributed by atoms with E-state index in [-0.39, 0.29) is 11.2 Å². The molecule has 0 aliphatic carbocycles. The van der Waals surface area contributed by atoms with Crippen molar-refractivity contribution in [1.29, 1.82) is 0 Å². The van der Waals surface area contributed by atoms with E-state index in [0.717, 1.165) is 16.4 Å². The van der Waals surface area contributed by atoms with Crippen LogP contribution in [0, 0.1) is 0 Å². The van der Waals surface area contributed by atoms with Crippen molar-refractivity contribution in [3.63, 3.8) is 0 Å². The summed E-state index contributed by atoms with van der Waals surface area (Å²) in [7, 11) is 0. The van der Waals surface area contributed by atoms with Crippen molar-refractivity contribution in [1.82, 2.24) is 25.5 Å². The van der Waals surface area contributed by atoms with E-state index in [1.807, 2.05) is 31.2 Å². The average Bonchev–Trinajstić information content (AvgIpc) is 2.90. The summed E-state index contributed by atoms with van der Waals surface area (Å²) in [5.74, 6) is -0.0785. The van der Waals surface area contributed by atoms with Gasteiger partial charge in [0.25, 0.3) is 0 Å². The Labute approximate surface area is 131 Å². The molecule has 6 nitrogen and oxygen atoms in total. The van der Waals surface area contributed by atoms with Gasteiger partial charge in [0, 0.05) is 17.4 Å². The van der Waals surface area contributed by atoms with Gasteiger partial charge < -0.3 is 10.3 Å². The zero-order valence-corrected chi connectivity index (χ0v) is 12.9. The van der Waals surface area contributed by atoms with Gasteiger partial charge in [-0.1, -0.05) is 36.0 Å². The first-order chi connectivity index (χ1) is 10.7. The van der Waals surface area contributed by atoms with Crippen LogP contribution in [-0.2, 0) is 4.79 Å². The molecular weight excluding hydrogens is 298 g/mol. The predicted molar refractivity (Wildman–Crippen MR) is 87.7 cm³/mol. The molecule has 112 valence electrons. The van der Waals surface area contributed by atoms with Gasteiger partial charge in [-0.05, 0) is 13.0 Å². The number of H-pyrrole nitrogens is 1. The Bertz CT molecular complexity index is 844. The Kier molecular flexibility index (Phi) is 4.06. The maximum Gasteiger partial charge on any atom is 0.233 e. The van der Waals surface area contributed by atoms with Crippen molar-refractivity contribution in [2.75, 3.05) is 6.54 Å². The number of aromatic nitrogens is 4. The number of para-hydroxylation sites is 1. The molecule has 1 aromatic carbocycles. The highest BCUT2D eigenvalue weighted by Gasteiger charge is 2.16. The van der Waals surface area contributed by atoms with Gasteiger partial charge in [0.15, 0.2) is 5.65 Å². The van der Waals surface area contributed by atoms with Crippen LogP contribution in [0.5, 0.6) is 0 Å². The molecule has 3 aromatic rings. The van der Waals surface area contributed by atoms with Crippen LogP contribution >= 0.6 is 11.8 Å². The van der Waals surface area contributed by atoms with E-state index in [4.69, 9.17) is 0 Å². The first-order valence-electron chi connectivity index (χ1n) is 6.85. The molecule has 2 N–H and O–H groups in total. The molecule has 0 spiro atoms. The second kappa shape index (κ2) is 6.15. The van der Waals surface area contributed by atoms with Crippen LogP contribution in [0.15, 0.2) is 42.1 Å². The van der Waals surface area contributed by atoms with Crippen LogP contribution in [0.4, 0.5) is 0 Å². The monoisotopic (exact) mass is 313 g/mol. The third-order valence-electron chi connectivity index (χ3n) is 3.17. The summed E-state index contributed by atoms with van der Waals surface area (Å²) in [5, 5.41) is 12.3. The van der Waals surface area contributed by atoms with Gasteiger partial charge in [0.1, 0.15) is 5.52 Å². The van der Waals surface area contributed by atoms with Gasteiger partial charge in [-0.2, -0.15) is 0 Å². The minimum absolute atomic E-state index is 0.0785. The molecule has 0 radical (unpaired) electrons. The fraction of sp³-hybridized carbons (Fsp3) is 0.200. The van der Waals surface area contributed by atoms with Crippen LogP contribution in [0.25, 0.3) is 22.1 Å². The third-order valence-corrected chi connectivity index (χ3v) is 4.13. The molecule has 2 aromatic heterocycles.